The summed E-state index contributed by atoms with van der Waals surface area (Å²) in [7, 11) is 1.69. The zero-order valence-corrected chi connectivity index (χ0v) is 11.8. The van der Waals surface area contributed by atoms with Crippen LogP contribution in [0.1, 0.15) is 5.56 Å². The Morgan fingerprint density at radius 1 is 1.11 bits per heavy atom. The Balaban J connectivity index is 1.99. The Hall–Kier alpha value is -1.87. The Morgan fingerprint density at radius 2 is 1.95 bits per heavy atom. The molecule has 0 saturated carbocycles. The minimum absolute atomic E-state index is 0.890. The van der Waals surface area contributed by atoms with Crippen LogP contribution in [0.3, 0.4) is 0 Å². The van der Waals surface area contributed by atoms with Gasteiger partial charge in [-0.25, -0.2) is 0 Å². The molecular weight excluding hydrogens is 254 g/mol. The molecule has 0 amide bonds. The lowest BCUT2D eigenvalue weighted by molar-refractivity contribution is 0.413. The number of H-pyrrole nitrogens is 1. The van der Waals surface area contributed by atoms with Gasteiger partial charge in [-0.2, -0.15) is 0 Å². The Morgan fingerprint density at radius 3 is 2.79 bits per heavy atom. The maximum atomic E-state index is 5.26. The van der Waals surface area contributed by atoms with Crippen LogP contribution in [0, 0.1) is 6.92 Å². The number of hydrogen-bond donors (Lipinski definition) is 1. The molecule has 0 fully saturated rings. The van der Waals surface area contributed by atoms with Gasteiger partial charge in [0.1, 0.15) is 5.75 Å². The molecule has 1 aromatic heterocycles. The number of methoxy groups -OCH3 is 1. The van der Waals surface area contributed by atoms with Crippen LogP contribution in [0.4, 0.5) is 0 Å². The van der Waals surface area contributed by atoms with E-state index >= 15 is 0 Å². The van der Waals surface area contributed by atoms with Crippen LogP contribution >= 0.6 is 11.8 Å². The van der Waals surface area contributed by atoms with Crippen LogP contribution in [-0.2, 0) is 0 Å². The summed E-state index contributed by atoms with van der Waals surface area (Å²) in [6, 6.07) is 14.5. The molecule has 3 rings (SSSR count). The first-order valence-corrected chi connectivity index (χ1v) is 6.98. The summed E-state index contributed by atoms with van der Waals surface area (Å²) in [4.78, 5) is 5.78. The summed E-state index contributed by atoms with van der Waals surface area (Å²) in [5, 5.41) is 1.27. The molecule has 1 N–H and O–H groups in total. The van der Waals surface area contributed by atoms with Crippen molar-refractivity contribution in [2.45, 2.75) is 16.7 Å². The van der Waals surface area contributed by atoms with E-state index in [-0.39, 0.29) is 0 Å². The van der Waals surface area contributed by atoms with Crippen molar-refractivity contribution >= 4 is 22.7 Å². The predicted octanol–water partition coefficient (Wildman–Crippen LogP) is 4.64. The van der Waals surface area contributed by atoms with E-state index in [0.717, 1.165) is 5.75 Å². The fourth-order valence-electron chi connectivity index (χ4n) is 2.16. The highest BCUT2D eigenvalue weighted by Gasteiger charge is 2.07. The first-order valence-electron chi connectivity index (χ1n) is 6.16. The van der Waals surface area contributed by atoms with Crippen molar-refractivity contribution in [1.29, 1.82) is 0 Å². The van der Waals surface area contributed by atoms with E-state index in [4.69, 9.17) is 4.74 Å². The number of hydrogen-bond acceptors (Lipinski definition) is 2. The molecule has 0 saturated heterocycles. The maximum absolute atomic E-state index is 5.26. The molecule has 2 nitrogen and oxygen atoms in total. The average Bonchev–Trinajstić information content (AvgIpc) is 2.84. The quantitative estimate of drug-likeness (QED) is 0.749. The van der Waals surface area contributed by atoms with E-state index in [0.29, 0.717) is 0 Å². The molecule has 1 heterocycles. The van der Waals surface area contributed by atoms with Gasteiger partial charge in [-0.3, -0.25) is 0 Å². The number of rotatable bonds is 3. The second-order valence-electron chi connectivity index (χ2n) is 4.43. The van der Waals surface area contributed by atoms with E-state index in [1.54, 1.807) is 18.9 Å². The fourth-order valence-corrected chi connectivity index (χ4v) is 3.13. The minimum atomic E-state index is 0.890. The van der Waals surface area contributed by atoms with Crippen LogP contribution in [-0.4, -0.2) is 12.1 Å². The zero-order chi connectivity index (χ0) is 13.2. The number of aromatic amines is 1. The van der Waals surface area contributed by atoms with E-state index in [2.05, 4.69) is 48.4 Å². The third-order valence-electron chi connectivity index (χ3n) is 3.15. The van der Waals surface area contributed by atoms with Gasteiger partial charge < -0.3 is 9.72 Å². The number of aromatic nitrogens is 1. The zero-order valence-electron chi connectivity index (χ0n) is 10.9. The van der Waals surface area contributed by atoms with Gasteiger partial charge in [0.15, 0.2) is 0 Å². The van der Waals surface area contributed by atoms with Gasteiger partial charge in [-0.15, -0.1) is 0 Å². The Bertz CT molecular complexity index is 718. The highest BCUT2D eigenvalue weighted by Crippen LogP contribution is 2.35. The molecule has 0 radical (unpaired) electrons. The average molecular weight is 269 g/mol. The van der Waals surface area contributed by atoms with Crippen LogP contribution < -0.4 is 4.74 Å². The summed E-state index contributed by atoms with van der Waals surface area (Å²) in [5.74, 6) is 0.890. The topological polar surface area (TPSA) is 25.0 Å². The van der Waals surface area contributed by atoms with Gasteiger partial charge in [0.2, 0.25) is 0 Å². The molecular formula is C16H15NOS. The largest absolute Gasteiger partial charge is 0.497 e. The first-order chi connectivity index (χ1) is 9.28. The van der Waals surface area contributed by atoms with E-state index in [9.17, 15) is 0 Å². The number of para-hydroxylation sites is 1. The van der Waals surface area contributed by atoms with E-state index < -0.39 is 0 Å². The lowest BCUT2D eigenvalue weighted by atomic mass is 10.2. The molecule has 3 heteroatoms. The SMILES string of the molecule is COc1cccc(Sc2c[nH]c3c(C)cccc23)c1. The molecule has 0 spiro atoms. The van der Waals surface area contributed by atoms with Gasteiger partial charge in [0, 0.05) is 26.9 Å². The predicted molar refractivity (Wildman–Crippen MR) is 80.2 cm³/mol. The van der Waals surface area contributed by atoms with Crippen molar-refractivity contribution in [3.8, 4) is 5.75 Å². The molecule has 0 aliphatic rings. The molecule has 0 aliphatic heterocycles. The summed E-state index contributed by atoms with van der Waals surface area (Å²) < 4.78 is 5.26. The van der Waals surface area contributed by atoms with Gasteiger partial charge >= 0.3 is 0 Å². The maximum Gasteiger partial charge on any atom is 0.119 e. The van der Waals surface area contributed by atoms with Crippen molar-refractivity contribution < 1.29 is 4.74 Å². The van der Waals surface area contributed by atoms with Crippen LogP contribution in [0.25, 0.3) is 10.9 Å². The number of aryl methyl sites for hydroxylation is 1. The molecule has 2 aromatic carbocycles. The third-order valence-corrected chi connectivity index (χ3v) is 4.20. The van der Waals surface area contributed by atoms with Gasteiger partial charge in [-0.05, 0) is 30.7 Å². The van der Waals surface area contributed by atoms with E-state index in [1.807, 2.05) is 12.1 Å². The smallest absolute Gasteiger partial charge is 0.119 e. The highest BCUT2D eigenvalue weighted by molar-refractivity contribution is 7.99. The van der Waals surface area contributed by atoms with Gasteiger partial charge in [-0.1, -0.05) is 36.0 Å². The summed E-state index contributed by atoms with van der Waals surface area (Å²) in [6.45, 7) is 2.12. The number of fused-ring (bicyclic) bond motifs is 1. The third kappa shape index (κ3) is 2.34. The van der Waals surface area contributed by atoms with Crippen molar-refractivity contribution in [2.24, 2.45) is 0 Å². The Kier molecular flexibility index (Phi) is 3.22. The minimum Gasteiger partial charge on any atom is -0.497 e. The number of nitrogens with one attached hydrogen (secondary N) is 1. The summed E-state index contributed by atoms with van der Waals surface area (Å²) >= 11 is 1.75. The molecule has 0 unspecified atom stereocenters. The summed E-state index contributed by atoms with van der Waals surface area (Å²) in [6.07, 6.45) is 2.07. The first kappa shape index (κ1) is 12.2. The Labute approximate surface area is 116 Å². The van der Waals surface area contributed by atoms with Crippen LogP contribution in [0.15, 0.2) is 58.5 Å². The fraction of sp³-hybridized carbons (Fsp3) is 0.125. The lowest BCUT2D eigenvalue weighted by Crippen LogP contribution is -1.81. The van der Waals surface area contributed by atoms with Crippen molar-refractivity contribution in [3.05, 3.63) is 54.2 Å². The van der Waals surface area contributed by atoms with Crippen molar-refractivity contribution in [3.63, 3.8) is 0 Å². The number of ether oxygens (including phenoxy) is 1. The normalized spacial score (nSPS) is 10.8. The molecule has 0 atom stereocenters. The second kappa shape index (κ2) is 5.02. The standard InChI is InChI=1S/C16H15NOS/c1-11-5-3-8-14-15(10-17-16(11)14)19-13-7-4-6-12(9-13)18-2/h3-10,17H,1-2H3. The van der Waals surface area contributed by atoms with Crippen molar-refractivity contribution in [2.75, 3.05) is 7.11 Å². The molecule has 19 heavy (non-hydrogen) atoms. The molecule has 96 valence electrons. The van der Waals surface area contributed by atoms with Crippen LogP contribution in [0.5, 0.6) is 5.75 Å². The lowest BCUT2D eigenvalue weighted by Gasteiger charge is -2.03. The number of benzene rings is 2. The van der Waals surface area contributed by atoms with E-state index in [1.165, 1.54) is 26.3 Å². The van der Waals surface area contributed by atoms with Crippen LogP contribution in [0.2, 0.25) is 0 Å². The molecule has 3 aromatic rings. The monoisotopic (exact) mass is 269 g/mol. The van der Waals surface area contributed by atoms with Crippen molar-refractivity contribution in [1.82, 2.24) is 4.98 Å². The second-order valence-corrected chi connectivity index (χ2v) is 5.55. The molecule has 0 aliphatic carbocycles. The molecule has 0 bridgehead atoms. The van der Waals surface area contributed by atoms with Gasteiger partial charge in [0.05, 0.1) is 7.11 Å². The summed E-state index contributed by atoms with van der Waals surface area (Å²) in [5.41, 5.74) is 2.49. The van der Waals surface area contributed by atoms with Gasteiger partial charge in [0.25, 0.3) is 0 Å². The highest BCUT2D eigenvalue weighted by atomic mass is 32.2.